The summed E-state index contributed by atoms with van der Waals surface area (Å²) in [5, 5.41) is 14.7. The number of unbranched alkanes of at least 4 members (excludes halogenated alkanes) is 1. The van der Waals surface area contributed by atoms with E-state index in [2.05, 4.69) is 17.5 Å². The van der Waals surface area contributed by atoms with Gasteiger partial charge < -0.3 is 5.73 Å². The molecule has 7 nitrogen and oxygen atoms in total. The molecular weight excluding hydrogens is 458 g/mol. The maximum absolute atomic E-state index is 13.7. The summed E-state index contributed by atoms with van der Waals surface area (Å²) in [5.74, 6) is -0.297. The fraction of sp³-hybridized carbons (Fsp3) is 0.167. The SMILES string of the molecule is CCCC/C(=N\NC(=N)N)c1cn(S(=O)(=O)c2ccc3ccccc3c2)c2ccc(Cl)cc12. The van der Waals surface area contributed by atoms with Crippen molar-refractivity contribution in [2.75, 3.05) is 0 Å². The summed E-state index contributed by atoms with van der Waals surface area (Å²) in [6.07, 6.45) is 3.91. The van der Waals surface area contributed by atoms with Crippen molar-refractivity contribution in [3.63, 3.8) is 0 Å². The number of nitrogens with one attached hydrogen (secondary N) is 2. The van der Waals surface area contributed by atoms with Crippen molar-refractivity contribution in [3.8, 4) is 0 Å². The molecule has 4 N–H and O–H groups in total. The predicted molar refractivity (Wildman–Crippen MR) is 135 cm³/mol. The zero-order chi connectivity index (χ0) is 23.6. The lowest BCUT2D eigenvalue weighted by Gasteiger charge is -2.09. The molecule has 170 valence electrons. The molecule has 0 atom stereocenters. The summed E-state index contributed by atoms with van der Waals surface area (Å²) in [4.78, 5) is 0.188. The van der Waals surface area contributed by atoms with Crippen molar-refractivity contribution in [2.24, 2.45) is 10.8 Å². The Hall–Kier alpha value is -3.36. The van der Waals surface area contributed by atoms with Crippen LogP contribution in [0.5, 0.6) is 0 Å². The van der Waals surface area contributed by atoms with Crippen LogP contribution >= 0.6 is 11.6 Å². The van der Waals surface area contributed by atoms with E-state index >= 15 is 0 Å². The highest BCUT2D eigenvalue weighted by molar-refractivity contribution is 7.90. The van der Waals surface area contributed by atoms with Crippen molar-refractivity contribution < 1.29 is 8.42 Å². The van der Waals surface area contributed by atoms with Crippen molar-refractivity contribution in [3.05, 3.63) is 77.4 Å². The number of guanidine groups is 1. The van der Waals surface area contributed by atoms with E-state index in [4.69, 9.17) is 22.7 Å². The van der Waals surface area contributed by atoms with Crippen LogP contribution in [0.1, 0.15) is 31.7 Å². The lowest BCUT2D eigenvalue weighted by molar-refractivity contribution is 0.589. The molecule has 0 spiro atoms. The van der Waals surface area contributed by atoms with E-state index < -0.39 is 10.0 Å². The molecule has 0 aliphatic rings. The standard InChI is InChI=1S/C24H24ClN5O2S/c1-2-3-8-22(28-29-24(26)27)21-15-30(23-12-10-18(25)14-20(21)23)33(31,32)19-11-9-16-6-4-5-7-17(16)13-19/h4-7,9-15H,2-3,8H2,1H3,(H4,26,27,29)/b28-22+. The van der Waals surface area contributed by atoms with Crippen LogP contribution < -0.4 is 11.2 Å². The summed E-state index contributed by atoms with van der Waals surface area (Å²) in [6.45, 7) is 2.06. The highest BCUT2D eigenvalue weighted by Crippen LogP contribution is 2.30. The van der Waals surface area contributed by atoms with Crippen LogP contribution in [0.15, 0.2) is 76.9 Å². The number of hydrazone groups is 1. The average molecular weight is 482 g/mol. The fourth-order valence-corrected chi connectivity index (χ4v) is 5.34. The molecule has 33 heavy (non-hydrogen) atoms. The first kappa shape index (κ1) is 22.8. The largest absolute Gasteiger partial charge is 0.369 e. The van der Waals surface area contributed by atoms with Gasteiger partial charge in [0.25, 0.3) is 10.0 Å². The van der Waals surface area contributed by atoms with Crippen molar-refractivity contribution >= 4 is 55.0 Å². The third-order valence-electron chi connectivity index (χ3n) is 5.40. The minimum Gasteiger partial charge on any atom is -0.369 e. The fourth-order valence-electron chi connectivity index (χ4n) is 3.77. The van der Waals surface area contributed by atoms with Gasteiger partial charge >= 0.3 is 0 Å². The normalized spacial score (nSPS) is 12.4. The first-order chi connectivity index (χ1) is 15.8. The number of hydrogen-bond acceptors (Lipinski definition) is 4. The highest BCUT2D eigenvalue weighted by Gasteiger charge is 2.23. The van der Waals surface area contributed by atoms with Crippen LogP contribution in [0.25, 0.3) is 21.7 Å². The number of benzene rings is 3. The number of nitrogens with zero attached hydrogens (tertiary/aromatic N) is 2. The van der Waals surface area contributed by atoms with Gasteiger partial charge in [-0.2, -0.15) is 5.10 Å². The Morgan fingerprint density at radius 2 is 1.88 bits per heavy atom. The summed E-state index contributed by atoms with van der Waals surface area (Å²) >= 11 is 6.26. The highest BCUT2D eigenvalue weighted by atomic mass is 35.5. The van der Waals surface area contributed by atoms with E-state index in [1.54, 1.807) is 42.6 Å². The third-order valence-corrected chi connectivity index (χ3v) is 7.30. The van der Waals surface area contributed by atoms with Crippen LogP contribution in [0, 0.1) is 5.41 Å². The van der Waals surface area contributed by atoms with Gasteiger partial charge in [0.15, 0.2) is 0 Å². The smallest absolute Gasteiger partial charge is 0.268 e. The van der Waals surface area contributed by atoms with E-state index in [9.17, 15) is 8.42 Å². The molecule has 0 saturated heterocycles. The van der Waals surface area contributed by atoms with Crippen molar-refractivity contribution in [1.82, 2.24) is 9.40 Å². The van der Waals surface area contributed by atoms with Crippen molar-refractivity contribution in [1.29, 1.82) is 5.41 Å². The average Bonchev–Trinajstić information content (AvgIpc) is 3.18. The lowest BCUT2D eigenvalue weighted by Crippen LogP contribution is -2.27. The van der Waals surface area contributed by atoms with Crippen LogP contribution in [0.4, 0.5) is 0 Å². The summed E-state index contributed by atoms with van der Waals surface area (Å²) in [7, 11) is -3.90. The first-order valence-electron chi connectivity index (χ1n) is 10.5. The molecule has 0 aliphatic carbocycles. The monoisotopic (exact) mass is 481 g/mol. The Morgan fingerprint density at radius 1 is 1.12 bits per heavy atom. The zero-order valence-electron chi connectivity index (χ0n) is 18.0. The van der Waals surface area contributed by atoms with Crippen LogP contribution in [-0.2, 0) is 10.0 Å². The van der Waals surface area contributed by atoms with Gasteiger partial charge in [-0.1, -0.05) is 55.3 Å². The first-order valence-corrected chi connectivity index (χ1v) is 12.3. The van der Waals surface area contributed by atoms with Gasteiger partial charge in [0.2, 0.25) is 5.96 Å². The molecular formula is C24H24ClN5O2S. The summed E-state index contributed by atoms with van der Waals surface area (Å²) in [6, 6.07) is 17.8. The maximum atomic E-state index is 13.7. The second kappa shape index (κ2) is 9.25. The molecule has 9 heteroatoms. The van der Waals surface area contributed by atoms with Crippen molar-refractivity contribution in [2.45, 2.75) is 31.1 Å². The van der Waals surface area contributed by atoms with Gasteiger partial charge in [-0.15, -0.1) is 0 Å². The van der Waals surface area contributed by atoms with Gasteiger partial charge in [0.1, 0.15) is 0 Å². The van der Waals surface area contributed by atoms with Crippen LogP contribution in [-0.4, -0.2) is 24.1 Å². The second-order valence-corrected chi connectivity index (χ2v) is 9.95. The topological polar surface area (TPSA) is 113 Å². The number of nitrogens with two attached hydrogens (primary N) is 1. The number of aromatic nitrogens is 1. The minimum atomic E-state index is -3.90. The second-order valence-electron chi connectivity index (χ2n) is 7.70. The molecule has 4 aromatic rings. The summed E-state index contributed by atoms with van der Waals surface area (Å²) in [5.41, 5.74) is 9.64. The molecule has 3 aromatic carbocycles. The van der Waals surface area contributed by atoms with Gasteiger partial charge in [0, 0.05) is 22.2 Å². The number of halogens is 1. The van der Waals surface area contributed by atoms with Gasteiger partial charge in [0.05, 0.1) is 16.1 Å². The number of fused-ring (bicyclic) bond motifs is 2. The molecule has 1 aromatic heterocycles. The molecule has 0 bridgehead atoms. The van der Waals surface area contributed by atoms with Gasteiger partial charge in [-0.3, -0.25) is 5.41 Å². The maximum Gasteiger partial charge on any atom is 0.268 e. The molecule has 0 aliphatic heterocycles. The van der Waals surface area contributed by atoms with Gasteiger partial charge in [-0.05, 0) is 53.9 Å². The minimum absolute atomic E-state index is 0.188. The Morgan fingerprint density at radius 3 is 2.61 bits per heavy atom. The van der Waals surface area contributed by atoms with E-state index in [1.165, 1.54) is 3.97 Å². The molecule has 0 unspecified atom stereocenters. The Kier molecular flexibility index (Phi) is 6.40. The zero-order valence-corrected chi connectivity index (χ0v) is 19.6. The molecule has 0 radical (unpaired) electrons. The molecule has 1 heterocycles. The third kappa shape index (κ3) is 4.58. The molecule has 4 rings (SSSR count). The molecule has 0 saturated carbocycles. The Bertz CT molecular complexity index is 1490. The quantitative estimate of drug-likeness (QED) is 0.194. The lowest BCUT2D eigenvalue weighted by atomic mass is 10.0. The Balaban J connectivity index is 1.92. The van der Waals surface area contributed by atoms with E-state index in [0.717, 1.165) is 23.6 Å². The van der Waals surface area contributed by atoms with Gasteiger partial charge in [-0.25, -0.2) is 17.8 Å². The number of hydrogen-bond donors (Lipinski definition) is 3. The van der Waals surface area contributed by atoms with Crippen LogP contribution in [0.3, 0.4) is 0 Å². The summed E-state index contributed by atoms with van der Waals surface area (Å²) < 4.78 is 28.7. The molecule has 0 amide bonds. The van der Waals surface area contributed by atoms with E-state index in [1.807, 2.05) is 24.3 Å². The predicted octanol–water partition coefficient (Wildman–Crippen LogP) is 5.06. The van der Waals surface area contributed by atoms with E-state index in [0.29, 0.717) is 33.6 Å². The molecule has 0 fully saturated rings. The number of rotatable bonds is 7. The van der Waals surface area contributed by atoms with Crippen LogP contribution in [0.2, 0.25) is 5.02 Å². The van der Waals surface area contributed by atoms with E-state index in [-0.39, 0.29) is 10.9 Å². The Labute approximate surface area is 197 Å².